The first kappa shape index (κ1) is 13.1. The molecule has 1 aliphatic carbocycles. The molecule has 1 aromatic heterocycles. The monoisotopic (exact) mass is 268 g/mol. The molecule has 1 aliphatic rings. The van der Waals surface area contributed by atoms with Crippen LogP contribution in [0.3, 0.4) is 0 Å². The highest BCUT2D eigenvalue weighted by molar-refractivity contribution is 5.40. The van der Waals surface area contributed by atoms with Crippen molar-refractivity contribution in [3.8, 4) is 11.6 Å². The molecule has 0 radical (unpaired) electrons. The minimum absolute atomic E-state index is 0.667. The Balaban J connectivity index is 1.79. The van der Waals surface area contributed by atoms with Gasteiger partial charge in [0, 0.05) is 18.3 Å². The van der Waals surface area contributed by atoms with E-state index in [0.29, 0.717) is 5.88 Å². The SMILES string of the molecule is CNCc1ccc(Oc2ccc3c(c2)CCC3)nc1C. The number of nitrogens with zero attached hydrogens (tertiary/aromatic N) is 1. The van der Waals surface area contributed by atoms with Gasteiger partial charge in [-0.1, -0.05) is 12.1 Å². The largest absolute Gasteiger partial charge is 0.439 e. The van der Waals surface area contributed by atoms with Gasteiger partial charge in [-0.05, 0) is 62.1 Å². The molecule has 0 fully saturated rings. The van der Waals surface area contributed by atoms with E-state index in [1.54, 1.807) is 0 Å². The second-order valence-electron chi connectivity index (χ2n) is 5.31. The van der Waals surface area contributed by atoms with Crippen molar-refractivity contribution in [3.05, 3.63) is 52.7 Å². The van der Waals surface area contributed by atoms with Crippen LogP contribution in [0.5, 0.6) is 11.6 Å². The van der Waals surface area contributed by atoms with E-state index in [4.69, 9.17) is 4.74 Å². The minimum Gasteiger partial charge on any atom is -0.439 e. The topological polar surface area (TPSA) is 34.1 Å². The van der Waals surface area contributed by atoms with Crippen molar-refractivity contribution in [1.29, 1.82) is 0 Å². The summed E-state index contributed by atoms with van der Waals surface area (Å²) in [6.07, 6.45) is 3.63. The third kappa shape index (κ3) is 2.68. The fourth-order valence-electron chi connectivity index (χ4n) is 2.73. The van der Waals surface area contributed by atoms with Crippen LogP contribution in [0.4, 0.5) is 0 Å². The van der Waals surface area contributed by atoms with Gasteiger partial charge < -0.3 is 10.1 Å². The Morgan fingerprint density at radius 3 is 2.80 bits per heavy atom. The van der Waals surface area contributed by atoms with Crippen molar-refractivity contribution >= 4 is 0 Å². The van der Waals surface area contributed by atoms with Gasteiger partial charge in [-0.15, -0.1) is 0 Å². The number of fused-ring (bicyclic) bond motifs is 1. The van der Waals surface area contributed by atoms with Crippen LogP contribution in [-0.2, 0) is 19.4 Å². The Morgan fingerprint density at radius 2 is 2.00 bits per heavy atom. The Morgan fingerprint density at radius 1 is 1.15 bits per heavy atom. The molecule has 0 saturated heterocycles. The molecule has 3 heteroatoms. The first-order valence-corrected chi connectivity index (χ1v) is 7.17. The highest BCUT2D eigenvalue weighted by Crippen LogP contribution is 2.28. The van der Waals surface area contributed by atoms with Crippen LogP contribution in [0.1, 0.15) is 28.8 Å². The smallest absolute Gasteiger partial charge is 0.219 e. The van der Waals surface area contributed by atoms with Crippen LogP contribution < -0.4 is 10.1 Å². The van der Waals surface area contributed by atoms with E-state index in [1.165, 1.54) is 36.0 Å². The summed E-state index contributed by atoms with van der Waals surface area (Å²) in [5, 5.41) is 3.14. The van der Waals surface area contributed by atoms with Gasteiger partial charge in [0.25, 0.3) is 0 Å². The van der Waals surface area contributed by atoms with Gasteiger partial charge >= 0.3 is 0 Å². The first-order valence-electron chi connectivity index (χ1n) is 7.17. The van der Waals surface area contributed by atoms with Gasteiger partial charge in [-0.3, -0.25) is 0 Å². The lowest BCUT2D eigenvalue weighted by atomic mass is 10.1. The fraction of sp³-hybridized carbons (Fsp3) is 0.353. The number of nitrogens with one attached hydrogen (secondary N) is 1. The molecule has 0 unspecified atom stereocenters. The zero-order chi connectivity index (χ0) is 13.9. The fourth-order valence-corrected chi connectivity index (χ4v) is 2.73. The molecule has 3 rings (SSSR count). The second-order valence-corrected chi connectivity index (χ2v) is 5.31. The second kappa shape index (κ2) is 5.63. The molecule has 1 aromatic carbocycles. The van der Waals surface area contributed by atoms with Crippen LogP contribution in [0.2, 0.25) is 0 Å². The highest BCUT2D eigenvalue weighted by Gasteiger charge is 2.12. The lowest BCUT2D eigenvalue weighted by Gasteiger charge is -2.09. The predicted octanol–water partition coefficient (Wildman–Crippen LogP) is 3.39. The summed E-state index contributed by atoms with van der Waals surface area (Å²) >= 11 is 0. The van der Waals surface area contributed by atoms with Crippen LogP contribution in [0.25, 0.3) is 0 Å². The highest BCUT2D eigenvalue weighted by atomic mass is 16.5. The lowest BCUT2D eigenvalue weighted by Crippen LogP contribution is -2.07. The van der Waals surface area contributed by atoms with Crippen LogP contribution in [0, 0.1) is 6.92 Å². The average Bonchev–Trinajstić information content (AvgIpc) is 2.89. The van der Waals surface area contributed by atoms with Crippen LogP contribution in [-0.4, -0.2) is 12.0 Å². The molecule has 0 spiro atoms. The van der Waals surface area contributed by atoms with E-state index in [0.717, 1.165) is 18.0 Å². The summed E-state index contributed by atoms with van der Waals surface area (Å²) in [7, 11) is 1.94. The molecule has 0 amide bonds. The van der Waals surface area contributed by atoms with Crippen LogP contribution in [0.15, 0.2) is 30.3 Å². The van der Waals surface area contributed by atoms with Gasteiger partial charge in [-0.25, -0.2) is 4.98 Å². The van der Waals surface area contributed by atoms with E-state index in [9.17, 15) is 0 Å². The number of hydrogen-bond donors (Lipinski definition) is 1. The normalized spacial score (nSPS) is 13.3. The molecule has 3 nitrogen and oxygen atoms in total. The molecule has 1 N–H and O–H groups in total. The van der Waals surface area contributed by atoms with Crippen molar-refractivity contribution in [2.75, 3.05) is 7.05 Å². The summed E-state index contributed by atoms with van der Waals surface area (Å²) in [6, 6.07) is 10.4. The van der Waals surface area contributed by atoms with Gasteiger partial charge in [0.1, 0.15) is 5.75 Å². The number of pyridine rings is 1. The van der Waals surface area contributed by atoms with Gasteiger partial charge in [0.15, 0.2) is 0 Å². The lowest BCUT2D eigenvalue weighted by molar-refractivity contribution is 0.460. The van der Waals surface area contributed by atoms with Gasteiger partial charge in [-0.2, -0.15) is 0 Å². The molecule has 0 bridgehead atoms. The van der Waals surface area contributed by atoms with E-state index in [2.05, 4.69) is 28.5 Å². The van der Waals surface area contributed by atoms with E-state index in [1.807, 2.05) is 26.1 Å². The zero-order valence-corrected chi connectivity index (χ0v) is 12.1. The predicted molar refractivity (Wildman–Crippen MR) is 80.3 cm³/mol. The van der Waals surface area contributed by atoms with Crippen molar-refractivity contribution in [1.82, 2.24) is 10.3 Å². The molecule has 104 valence electrons. The third-order valence-electron chi connectivity index (χ3n) is 3.83. The summed E-state index contributed by atoms with van der Waals surface area (Å²) in [4.78, 5) is 4.52. The summed E-state index contributed by atoms with van der Waals surface area (Å²) < 4.78 is 5.89. The number of rotatable bonds is 4. The van der Waals surface area contributed by atoms with Crippen molar-refractivity contribution in [2.45, 2.75) is 32.7 Å². The minimum atomic E-state index is 0.667. The number of aryl methyl sites for hydroxylation is 3. The molecule has 0 aliphatic heterocycles. The number of benzene rings is 1. The Bertz CT molecular complexity index is 622. The maximum atomic E-state index is 5.89. The number of ether oxygens (including phenoxy) is 1. The Kier molecular flexibility index (Phi) is 3.70. The number of hydrogen-bond acceptors (Lipinski definition) is 3. The summed E-state index contributed by atoms with van der Waals surface area (Å²) in [5.74, 6) is 1.55. The molecule has 20 heavy (non-hydrogen) atoms. The van der Waals surface area contributed by atoms with Crippen molar-refractivity contribution in [2.24, 2.45) is 0 Å². The molecule has 1 heterocycles. The van der Waals surface area contributed by atoms with E-state index < -0.39 is 0 Å². The van der Waals surface area contributed by atoms with Gasteiger partial charge in [0.05, 0.1) is 0 Å². The standard InChI is InChI=1S/C17H20N2O/c1-12-15(11-18-2)7-9-17(19-12)20-16-8-6-13-4-3-5-14(13)10-16/h6-10,18H,3-5,11H2,1-2H3. The summed E-state index contributed by atoms with van der Waals surface area (Å²) in [5.41, 5.74) is 5.10. The molecular weight excluding hydrogens is 248 g/mol. The quantitative estimate of drug-likeness (QED) is 0.923. The third-order valence-corrected chi connectivity index (χ3v) is 3.83. The molecule has 2 aromatic rings. The average molecular weight is 268 g/mol. The van der Waals surface area contributed by atoms with E-state index >= 15 is 0 Å². The zero-order valence-electron chi connectivity index (χ0n) is 12.1. The number of aromatic nitrogens is 1. The van der Waals surface area contributed by atoms with Crippen LogP contribution >= 0.6 is 0 Å². The first-order chi connectivity index (χ1) is 9.76. The Hall–Kier alpha value is -1.87. The van der Waals surface area contributed by atoms with Gasteiger partial charge in [0.2, 0.25) is 5.88 Å². The maximum absolute atomic E-state index is 5.89. The Labute approximate surface area is 120 Å². The molecule has 0 atom stereocenters. The maximum Gasteiger partial charge on any atom is 0.219 e. The van der Waals surface area contributed by atoms with E-state index in [-0.39, 0.29) is 0 Å². The summed E-state index contributed by atoms with van der Waals surface area (Å²) in [6.45, 7) is 2.85. The molecule has 0 saturated carbocycles. The molecular formula is C17H20N2O. The van der Waals surface area contributed by atoms with Crippen molar-refractivity contribution < 1.29 is 4.74 Å². The van der Waals surface area contributed by atoms with Crippen molar-refractivity contribution in [3.63, 3.8) is 0 Å².